The van der Waals surface area contributed by atoms with Gasteiger partial charge in [-0.2, -0.15) is 0 Å². The molecule has 8 heteroatoms. The molecule has 27 heavy (non-hydrogen) atoms. The first-order chi connectivity index (χ1) is 13.2. The topological polar surface area (TPSA) is 68.0 Å². The van der Waals surface area contributed by atoms with Gasteiger partial charge >= 0.3 is 0 Å². The molecular formula is C19H16BrN3O2S2. The van der Waals surface area contributed by atoms with Crippen molar-refractivity contribution in [2.24, 2.45) is 0 Å². The van der Waals surface area contributed by atoms with E-state index in [2.05, 4.69) is 38.0 Å². The standard InChI is InChI=1S/C19H16BrN3O2S2/c1-2-11-26-16-10-6-5-9-15(16)21-17(24)12-27-19-23-22-18(25-19)13-7-3-4-8-14(13)20/h2-10H,1,11-12H2,(H,21,24). The van der Waals surface area contributed by atoms with E-state index in [1.807, 2.05) is 54.6 Å². The van der Waals surface area contributed by atoms with Gasteiger partial charge < -0.3 is 9.73 Å². The molecule has 1 aromatic heterocycles. The van der Waals surface area contributed by atoms with Crippen LogP contribution in [0.2, 0.25) is 0 Å². The lowest BCUT2D eigenvalue weighted by atomic mass is 10.2. The number of para-hydroxylation sites is 1. The van der Waals surface area contributed by atoms with Crippen LogP contribution in [0.4, 0.5) is 5.69 Å². The maximum absolute atomic E-state index is 12.3. The summed E-state index contributed by atoms with van der Waals surface area (Å²) >= 11 is 6.28. The average Bonchev–Trinajstić information content (AvgIpc) is 3.15. The highest BCUT2D eigenvalue weighted by molar-refractivity contribution is 9.10. The van der Waals surface area contributed by atoms with Crippen LogP contribution in [0, 0.1) is 0 Å². The highest BCUT2D eigenvalue weighted by atomic mass is 79.9. The SMILES string of the molecule is C=CCSc1ccccc1NC(=O)CSc1nnc(-c2ccccc2Br)o1. The Hall–Kier alpha value is -2.03. The highest BCUT2D eigenvalue weighted by Gasteiger charge is 2.14. The molecule has 0 bridgehead atoms. The smallest absolute Gasteiger partial charge is 0.277 e. The first kappa shape index (κ1) is 19.7. The van der Waals surface area contributed by atoms with E-state index in [0.29, 0.717) is 11.1 Å². The summed E-state index contributed by atoms with van der Waals surface area (Å²) < 4.78 is 6.52. The zero-order chi connectivity index (χ0) is 19.1. The number of benzene rings is 2. The molecule has 0 unspecified atom stereocenters. The predicted molar refractivity (Wildman–Crippen MR) is 114 cm³/mol. The van der Waals surface area contributed by atoms with Crippen molar-refractivity contribution in [2.45, 2.75) is 10.1 Å². The van der Waals surface area contributed by atoms with Crippen LogP contribution in [0.5, 0.6) is 0 Å². The molecule has 0 spiro atoms. The van der Waals surface area contributed by atoms with E-state index in [9.17, 15) is 4.79 Å². The summed E-state index contributed by atoms with van der Waals surface area (Å²) in [5.41, 5.74) is 1.60. The van der Waals surface area contributed by atoms with E-state index in [4.69, 9.17) is 4.42 Å². The van der Waals surface area contributed by atoms with Crippen LogP contribution in [0.1, 0.15) is 0 Å². The summed E-state index contributed by atoms with van der Waals surface area (Å²) in [5.74, 6) is 1.24. The van der Waals surface area contributed by atoms with E-state index in [0.717, 1.165) is 26.4 Å². The molecule has 0 saturated heterocycles. The first-order valence-electron chi connectivity index (χ1n) is 8.01. The number of nitrogens with zero attached hydrogens (tertiary/aromatic N) is 2. The second kappa shape index (κ2) is 9.77. The Bertz CT molecular complexity index is 946. The zero-order valence-corrected chi connectivity index (χ0v) is 17.4. The van der Waals surface area contributed by atoms with Crippen LogP contribution in [-0.2, 0) is 4.79 Å². The predicted octanol–water partition coefficient (Wildman–Crippen LogP) is 5.51. The van der Waals surface area contributed by atoms with Gasteiger partial charge in [-0.05, 0) is 40.2 Å². The monoisotopic (exact) mass is 461 g/mol. The molecule has 0 aliphatic carbocycles. The molecule has 138 valence electrons. The van der Waals surface area contributed by atoms with Crippen LogP contribution < -0.4 is 5.32 Å². The normalized spacial score (nSPS) is 10.6. The molecule has 0 saturated carbocycles. The summed E-state index contributed by atoms with van der Waals surface area (Å²) in [5, 5.41) is 11.3. The third-order valence-electron chi connectivity index (χ3n) is 3.36. The highest BCUT2D eigenvalue weighted by Crippen LogP contribution is 2.30. The van der Waals surface area contributed by atoms with Gasteiger partial charge in [0.25, 0.3) is 5.22 Å². The lowest BCUT2D eigenvalue weighted by Crippen LogP contribution is -2.14. The van der Waals surface area contributed by atoms with Crippen LogP contribution in [0.25, 0.3) is 11.5 Å². The first-order valence-corrected chi connectivity index (χ1v) is 10.8. The number of nitrogens with one attached hydrogen (secondary N) is 1. The average molecular weight is 462 g/mol. The molecule has 2 aromatic carbocycles. The molecule has 0 atom stereocenters. The van der Waals surface area contributed by atoms with Gasteiger partial charge in [0.05, 0.1) is 17.0 Å². The van der Waals surface area contributed by atoms with Crippen molar-refractivity contribution in [2.75, 3.05) is 16.8 Å². The minimum absolute atomic E-state index is 0.132. The van der Waals surface area contributed by atoms with E-state index >= 15 is 0 Å². The molecule has 1 heterocycles. The van der Waals surface area contributed by atoms with Gasteiger partial charge in [-0.25, -0.2) is 0 Å². The molecule has 5 nitrogen and oxygen atoms in total. The Labute approximate surface area is 174 Å². The third-order valence-corrected chi connectivity index (χ3v) is 5.93. The minimum Gasteiger partial charge on any atom is -0.411 e. The number of carbonyl (C=O) groups excluding carboxylic acids is 1. The van der Waals surface area contributed by atoms with Crippen LogP contribution >= 0.6 is 39.5 Å². The second-order valence-electron chi connectivity index (χ2n) is 5.29. The van der Waals surface area contributed by atoms with Crippen molar-refractivity contribution in [1.82, 2.24) is 10.2 Å². The Balaban J connectivity index is 1.59. The molecule has 1 amide bonds. The van der Waals surface area contributed by atoms with Gasteiger partial charge in [0, 0.05) is 15.1 Å². The summed E-state index contributed by atoms with van der Waals surface area (Å²) in [6.07, 6.45) is 1.83. The summed E-state index contributed by atoms with van der Waals surface area (Å²) in [6.45, 7) is 3.72. The fraction of sp³-hybridized carbons (Fsp3) is 0.105. The quantitative estimate of drug-likeness (QED) is 0.352. The lowest BCUT2D eigenvalue weighted by Gasteiger charge is -2.09. The second-order valence-corrected chi connectivity index (χ2v) is 8.13. The third kappa shape index (κ3) is 5.47. The van der Waals surface area contributed by atoms with Gasteiger partial charge in [-0.3, -0.25) is 4.79 Å². The van der Waals surface area contributed by atoms with Crippen LogP contribution in [0.3, 0.4) is 0 Å². The van der Waals surface area contributed by atoms with Crippen molar-refractivity contribution in [3.8, 4) is 11.5 Å². The summed E-state index contributed by atoms with van der Waals surface area (Å²) in [6, 6.07) is 15.3. The molecule has 0 radical (unpaired) electrons. The number of aromatic nitrogens is 2. The van der Waals surface area contributed by atoms with Crippen LogP contribution in [0.15, 0.2) is 80.2 Å². The largest absolute Gasteiger partial charge is 0.411 e. The number of halogens is 1. The van der Waals surface area contributed by atoms with E-state index in [-0.39, 0.29) is 11.7 Å². The van der Waals surface area contributed by atoms with Crippen molar-refractivity contribution < 1.29 is 9.21 Å². The Kier molecular flexibility index (Phi) is 7.14. The number of hydrogen-bond acceptors (Lipinski definition) is 6. The molecule has 3 aromatic rings. The molecule has 3 rings (SSSR count). The lowest BCUT2D eigenvalue weighted by molar-refractivity contribution is -0.113. The van der Waals surface area contributed by atoms with Crippen molar-refractivity contribution in [1.29, 1.82) is 0 Å². The number of carbonyl (C=O) groups is 1. The number of amides is 1. The number of hydrogen-bond donors (Lipinski definition) is 1. The zero-order valence-electron chi connectivity index (χ0n) is 14.2. The number of rotatable bonds is 8. The Morgan fingerprint density at radius 2 is 1.93 bits per heavy atom. The van der Waals surface area contributed by atoms with E-state index in [1.54, 1.807) is 11.8 Å². The molecule has 0 aliphatic rings. The van der Waals surface area contributed by atoms with Gasteiger partial charge in [-0.15, -0.1) is 28.5 Å². The maximum Gasteiger partial charge on any atom is 0.277 e. The Morgan fingerprint density at radius 3 is 2.74 bits per heavy atom. The minimum atomic E-state index is -0.132. The van der Waals surface area contributed by atoms with E-state index in [1.165, 1.54) is 11.8 Å². The maximum atomic E-state index is 12.3. The number of thioether (sulfide) groups is 2. The Morgan fingerprint density at radius 1 is 1.15 bits per heavy atom. The molecule has 0 aliphatic heterocycles. The van der Waals surface area contributed by atoms with Crippen molar-refractivity contribution in [3.63, 3.8) is 0 Å². The summed E-state index contributed by atoms with van der Waals surface area (Å²) in [4.78, 5) is 13.3. The van der Waals surface area contributed by atoms with E-state index < -0.39 is 0 Å². The molecular weight excluding hydrogens is 446 g/mol. The van der Waals surface area contributed by atoms with Gasteiger partial charge in [0.1, 0.15) is 0 Å². The van der Waals surface area contributed by atoms with Gasteiger partial charge in [0.2, 0.25) is 11.8 Å². The fourth-order valence-corrected chi connectivity index (χ4v) is 3.93. The fourth-order valence-electron chi connectivity index (χ4n) is 2.17. The number of anilines is 1. The molecule has 1 N–H and O–H groups in total. The van der Waals surface area contributed by atoms with Gasteiger partial charge in [-0.1, -0.05) is 42.1 Å². The van der Waals surface area contributed by atoms with Crippen LogP contribution in [-0.4, -0.2) is 27.6 Å². The van der Waals surface area contributed by atoms with Gasteiger partial charge in [0.15, 0.2) is 0 Å². The summed E-state index contributed by atoms with van der Waals surface area (Å²) in [7, 11) is 0. The molecule has 0 fully saturated rings. The van der Waals surface area contributed by atoms with Crippen molar-refractivity contribution in [3.05, 3.63) is 65.7 Å². The van der Waals surface area contributed by atoms with Crippen molar-refractivity contribution >= 4 is 51.0 Å².